The van der Waals surface area contributed by atoms with Crippen molar-refractivity contribution in [3.8, 4) is 0 Å². The highest BCUT2D eigenvalue weighted by molar-refractivity contribution is 6.04. The van der Waals surface area contributed by atoms with Crippen LogP contribution in [0, 0.1) is 6.92 Å². The number of nitrogens with one attached hydrogen (secondary N) is 2. The summed E-state index contributed by atoms with van der Waals surface area (Å²) in [6.45, 7) is 3.91. The van der Waals surface area contributed by atoms with Crippen LogP contribution in [0.4, 0.5) is 5.95 Å². The highest BCUT2D eigenvalue weighted by Crippen LogP contribution is 2.24. The number of para-hydroxylation sites is 1. The van der Waals surface area contributed by atoms with Gasteiger partial charge in [0.2, 0.25) is 0 Å². The third-order valence-corrected chi connectivity index (χ3v) is 3.82. The minimum absolute atomic E-state index is 0.336. The average Bonchev–Trinajstić information content (AvgIpc) is 3.26. The van der Waals surface area contributed by atoms with E-state index in [1.807, 2.05) is 56.3 Å². The number of rotatable bonds is 4. The van der Waals surface area contributed by atoms with Crippen LogP contribution >= 0.6 is 0 Å². The van der Waals surface area contributed by atoms with Crippen molar-refractivity contribution in [1.29, 1.82) is 0 Å². The number of allylic oxidation sites excluding steroid dienone is 1. The lowest BCUT2D eigenvalue weighted by Crippen LogP contribution is -2.00. The Hall–Kier alpha value is -3.48. The number of H-pyrrole nitrogens is 1. The second-order valence-electron chi connectivity index (χ2n) is 5.67. The second-order valence-corrected chi connectivity index (χ2v) is 5.67. The molecule has 0 spiro atoms. The fourth-order valence-corrected chi connectivity index (χ4v) is 2.56. The smallest absolute Gasteiger partial charge is 0.265 e. The lowest BCUT2D eigenvalue weighted by Gasteiger charge is -1.98. The van der Waals surface area contributed by atoms with Crippen molar-refractivity contribution in [2.45, 2.75) is 13.8 Å². The summed E-state index contributed by atoms with van der Waals surface area (Å²) in [6, 6.07) is 9.75. The summed E-state index contributed by atoms with van der Waals surface area (Å²) in [5.41, 5.74) is 7.19. The number of aryl methyl sites for hydroxylation is 1. The Kier molecular flexibility index (Phi) is 3.74. The Morgan fingerprint density at radius 1 is 1.24 bits per heavy atom. The fraction of sp³-hybridized carbons (Fsp3) is 0.111. The van der Waals surface area contributed by atoms with Crippen molar-refractivity contribution >= 4 is 39.8 Å². The average molecular weight is 332 g/mol. The molecular weight excluding hydrogens is 316 g/mol. The van der Waals surface area contributed by atoms with Crippen molar-refractivity contribution in [1.82, 2.24) is 20.2 Å². The van der Waals surface area contributed by atoms with Gasteiger partial charge in [-0.3, -0.25) is 0 Å². The van der Waals surface area contributed by atoms with E-state index in [-0.39, 0.29) is 0 Å². The van der Waals surface area contributed by atoms with Crippen LogP contribution < -0.4 is 5.43 Å². The van der Waals surface area contributed by atoms with Gasteiger partial charge in [-0.2, -0.15) is 10.1 Å². The molecule has 25 heavy (non-hydrogen) atoms. The summed E-state index contributed by atoms with van der Waals surface area (Å²) >= 11 is 0. The molecule has 0 aliphatic rings. The minimum Gasteiger partial charge on any atom is -0.465 e. The summed E-state index contributed by atoms with van der Waals surface area (Å²) in [4.78, 5) is 7.74. The molecule has 0 aliphatic heterocycles. The highest BCUT2D eigenvalue weighted by Gasteiger charge is 2.09. The normalized spacial score (nSPS) is 12.5. The van der Waals surface area contributed by atoms with Gasteiger partial charge in [0.15, 0.2) is 5.65 Å². The maximum atomic E-state index is 5.23. The van der Waals surface area contributed by atoms with Crippen molar-refractivity contribution in [2.75, 3.05) is 5.43 Å². The van der Waals surface area contributed by atoms with Gasteiger partial charge in [-0.25, -0.2) is 5.43 Å². The lowest BCUT2D eigenvalue weighted by atomic mass is 10.1. The Morgan fingerprint density at radius 3 is 3.00 bits per heavy atom. The number of aromatic amines is 1. The van der Waals surface area contributed by atoms with Gasteiger partial charge in [0, 0.05) is 5.39 Å². The lowest BCUT2D eigenvalue weighted by molar-refractivity contribution is 0.557. The number of anilines is 1. The molecule has 3 aromatic heterocycles. The molecule has 0 radical (unpaired) electrons. The number of hydrogen-bond donors (Lipinski definition) is 2. The molecule has 0 saturated heterocycles. The first-order valence-corrected chi connectivity index (χ1v) is 7.84. The molecule has 124 valence electrons. The summed E-state index contributed by atoms with van der Waals surface area (Å²) in [5, 5.41) is 13.6. The van der Waals surface area contributed by atoms with Gasteiger partial charge in [-0.1, -0.05) is 18.2 Å². The zero-order chi connectivity index (χ0) is 17.2. The molecule has 1 aromatic carbocycles. The van der Waals surface area contributed by atoms with E-state index in [1.165, 1.54) is 0 Å². The molecule has 0 atom stereocenters. The van der Waals surface area contributed by atoms with E-state index in [0.29, 0.717) is 11.6 Å². The van der Waals surface area contributed by atoms with Crippen LogP contribution in [0.25, 0.3) is 28.1 Å². The number of furan rings is 1. The quantitative estimate of drug-likeness (QED) is 0.437. The fourth-order valence-electron chi connectivity index (χ4n) is 2.56. The van der Waals surface area contributed by atoms with Gasteiger partial charge in [-0.15, -0.1) is 10.2 Å². The van der Waals surface area contributed by atoms with E-state index < -0.39 is 0 Å². The molecule has 0 fully saturated rings. The zero-order valence-electron chi connectivity index (χ0n) is 13.8. The Labute approximate surface area is 143 Å². The largest absolute Gasteiger partial charge is 0.465 e. The molecule has 7 heteroatoms. The van der Waals surface area contributed by atoms with E-state index >= 15 is 0 Å². The van der Waals surface area contributed by atoms with E-state index in [2.05, 4.69) is 30.7 Å². The Bertz CT molecular complexity index is 1090. The second kappa shape index (κ2) is 6.20. The molecule has 0 bridgehead atoms. The van der Waals surface area contributed by atoms with Crippen LogP contribution in [0.1, 0.15) is 18.2 Å². The molecule has 7 nitrogen and oxygen atoms in total. The summed E-state index contributed by atoms with van der Waals surface area (Å²) in [7, 11) is 0. The predicted molar refractivity (Wildman–Crippen MR) is 98.4 cm³/mol. The van der Waals surface area contributed by atoms with Crippen molar-refractivity contribution in [3.63, 3.8) is 0 Å². The predicted octanol–water partition coefficient (Wildman–Crippen LogP) is 3.91. The molecule has 0 aliphatic carbocycles. The third kappa shape index (κ3) is 2.99. The number of aromatic nitrogens is 4. The third-order valence-electron chi connectivity index (χ3n) is 3.82. The summed E-state index contributed by atoms with van der Waals surface area (Å²) in [6.07, 6.45) is 5.30. The Balaban J connectivity index is 1.58. The van der Waals surface area contributed by atoms with Crippen molar-refractivity contribution < 1.29 is 4.42 Å². The van der Waals surface area contributed by atoms with Crippen LogP contribution in [0.5, 0.6) is 0 Å². The van der Waals surface area contributed by atoms with Gasteiger partial charge in [0.25, 0.3) is 5.95 Å². The van der Waals surface area contributed by atoms with Gasteiger partial charge < -0.3 is 9.40 Å². The van der Waals surface area contributed by atoms with E-state index in [9.17, 15) is 0 Å². The van der Waals surface area contributed by atoms with Crippen LogP contribution in [0.15, 0.2) is 52.2 Å². The summed E-state index contributed by atoms with van der Waals surface area (Å²) < 4.78 is 5.23. The molecule has 4 aromatic rings. The molecule has 3 heterocycles. The maximum Gasteiger partial charge on any atom is 0.265 e. The maximum absolute atomic E-state index is 5.23. The van der Waals surface area contributed by atoms with Crippen molar-refractivity contribution in [2.24, 2.45) is 5.10 Å². The number of hydrogen-bond acceptors (Lipinski definition) is 6. The highest BCUT2D eigenvalue weighted by atomic mass is 16.3. The Morgan fingerprint density at radius 2 is 2.16 bits per heavy atom. The molecular formula is C18H16N6O. The topological polar surface area (TPSA) is 92.0 Å². The number of nitrogens with zero attached hydrogens (tertiary/aromatic N) is 4. The van der Waals surface area contributed by atoms with E-state index in [0.717, 1.165) is 33.5 Å². The van der Waals surface area contributed by atoms with Gasteiger partial charge >= 0.3 is 0 Å². The van der Waals surface area contributed by atoms with E-state index in [1.54, 1.807) is 6.26 Å². The summed E-state index contributed by atoms with van der Waals surface area (Å²) in [5.74, 6) is 1.10. The minimum atomic E-state index is 0.336. The van der Waals surface area contributed by atoms with Crippen LogP contribution in [-0.4, -0.2) is 25.9 Å². The van der Waals surface area contributed by atoms with Gasteiger partial charge in [0.1, 0.15) is 11.3 Å². The first kappa shape index (κ1) is 15.1. The monoisotopic (exact) mass is 332 g/mol. The van der Waals surface area contributed by atoms with Gasteiger partial charge in [0.05, 0.1) is 17.5 Å². The molecule has 4 rings (SSSR count). The molecule has 0 unspecified atom stereocenters. The van der Waals surface area contributed by atoms with Gasteiger partial charge in [-0.05, 0) is 43.7 Å². The first-order chi connectivity index (χ1) is 12.2. The number of fused-ring (bicyclic) bond motifs is 3. The zero-order valence-corrected chi connectivity index (χ0v) is 13.8. The number of hydrazone groups is 1. The SMILES string of the molecule is CC(/C=C/c1ccco1)=NNc1nnc2c(n1)[nH]c1c(C)cccc12. The standard InChI is InChI=1S/C18H16N6O/c1-11-5-3-7-14-15(11)19-17-16(14)22-24-18(20-17)23-21-12(2)8-9-13-6-4-10-25-13/h3-10H,1-2H3,(H2,19,20,23,24)/b9-8+,21-12?. The molecule has 0 saturated carbocycles. The van der Waals surface area contributed by atoms with Crippen LogP contribution in [0.2, 0.25) is 0 Å². The molecule has 0 amide bonds. The number of benzene rings is 1. The van der Waals surface area contributed by atoms with Crippen LogP contribution in [0.3, 0.4) is 0 Å². The molecule has 2 N–H and O–H groups in total. The van der Waals surface area contributed by atoms with Crippen LogP contribution in [-0.2, 0) is 0 Å². The first-order valence-electron chi connectivity index (χ1n) is 7.84. The van der Waals surface area contributed by atoms with E-state index in [4.69, 9.17) is 4.42 Å². The van der Waals surface area contributed by atoms with Crippen molar-refractivity contribution in [3.05, 3.63) is 54.0 Å².